The number of ether oxygens (including phenoxy) is 1. The third-order valence-corrected chi connectivity index (χ3v) is 4.31. The number of benzene rings is 1. The maximum Gasteiger partial charge on any atom is 0.307 e. The van der Waals surface area contributed by atoms with Crippen LogP contribution in [0.1, 0.15) is 23.5 Å². The van der Waals surface area contributed by atoms with Crippen LogP contribution in [0.3, 0.4) is 0 Å². The molecule has 1 atom stereocenters. The number of esters is 1. The summed E-state index contributed by atoms with van der Waals surface area (Å²) in [5.74, 6) is 0.686. The van der Waals surface area contributed by atoms with Crippen molar-refractivity contribution in [3.63, 3.8) is 0 Å². The number of carbonyl (C=O) groups excluding carboxylic acids is 1. The first-order chi connectivity index (χ1) is 13.2. The van der Waals surface area contributed by atoms with Gasteiger partial charge in [0, 0.05) is 43.8 Å². The molecule has 27 heavy (non-hydrogen) atoms. The normalized spacial score (nSPS) is 11.9. The fourth-order valence-corrected chi connectivity index (χ4v) is 2.79. The van der Waals surface area contributed by atoms with Crippen LogP contribution in [0.4, 0.5) is 0 Å². The first kappa shape index (κ1) is 18.8. The van der Waals surface area contributed by atoms with Crippen LogP contribution in [-0.4, -0.2) is 26.5 Å². The van der Waals surface area contributed by atoms with Gasteiger partial charge in [0.15, 0.2) is 0 Å². The van der Waals surface area contributed by atoms with Crippen molar-refractivity contribution in [3.05, 3.63) is 84.2 Å². The van der Waals surface area contributed by atoms with Crippen LogP contribution in [0.2, 0.25) is 0 Å². The number of nitrogens with zero attached hydrogens (tertiary/aromatic N) is 3. The lowest BCUT2D eigenvalue weighted by Crippen LogP contribution is -2.34. The van der Waals surface area contributed by atoms with E-state index in [-0.39, 0.29) is 25.0 Å². The number of aromatic nitrogens is 3. The van der Waals surface area contributed by atoms with Crippen LogP contribution in [-0.2, 0) is 36.2 Å². The molecule has 6 heteroatoms. The highest BCUT2D eigenvalue weighted by Gasteiger charge is 2.17. The van der Waals surface area contributed by atoms with Crippen LogP contribution in [0.15, 0.2) is 67.1 Å². The molecule has 3 aromatic rings. The molecule has 0 bridgehead atoms. The summed E-state index contributed by atoms with van der Waals surface area (Å²) in [5, 5.41) is 3.42. The topological polar surface area (TPSA) is 69.0 Å². The number of hydrogen-bond acceptors (Lipinski definition) is 5. The Bertz CT molecular complexity index is 834. The van der Waals surface area contributed by atoms with Gasteiger partial charge in [0.05, 0.1) is 13.0 Å². The molecule has 0 aliphatic carbocycles. The second-order valence-corrected chi connectivity index (χ2v) is 6.41. The number of rotatable bonds is 9. The molecule has 1 unspecified atom stereocenters. The summed E-state index contributed by atoms with van der Waals surface area (Å²) in [7, 11) is 1.95. The Morgan fingerprint density at radius 3 is 2.63 bits per heavy atom. The average molecular weight is 364 g/mol. The molecule has 3 rings (SSSR count). The summed E-state index contributed by atoms with van der Waals surface area (Å²) >= 11 is 0. The molecule has 1 N–H and O–H groups in total. The minimum atomic E-state index is -0.230. The maximum atomic E-state index is 12.3. The van der Waals surface area contributed by atoms with E-state index in [0.29, 0.717) is 13.0 Å². The van der Waals surface area contributed by atoms with Crippen LogP contribution < -0.4 is 5.32 Å². The standard InChI is InChI=1S/C21H24N4O2/c1-25-12-11-23-20(25)15-24-19(13-18-9-5-6-10-22-18)14-21(26)27-16-17-7-3-2-4-8-17/h2-12,19,24H,13-16H2,1H3. The van der Waals surface area contributed by atoms with Gasteiger partial charge in [-0.25, -0.2) is 4.98 Å². The molecular weight excluding hydrogens is 340 g/mol. The molecule has 1 aromatic carbocycles. The van der Waals surface area contributed by atoms with Crippen molar-refractivity contribution in [1.82, 2.24) is 19.9 Å². The van der Waals surface area contributed by atoms with Gasteiger partial charge in [0.1, 0.15) is 12.4 Å². The molecule has 0 aliphatic rings. The van der Waals surface area contributed by atoms with Gasteiger partial charge in [-0.3, -0.25) is 9.78 Å². The fourth-order valence-electron chi connectivity index (χ4n) is 2.79. The third kappa shape index (κ3) is 6.04. The quantitative estimate of drug-likeness (QED) is 0.591. The minimum absolute atomic E-state index is 0.0835. The zero-order chi connectivity index (χ0) is 18.9. The van der Waals surface area contributed by atoms with Gasteiger partial charge in [-0.1, -0.05) is 36.4 Å². The Morgan fingerprint density at radius 2 is 1.93 bits per heavy atom. The Morgan fingerprint density at radius 1 is 1.11 bits per heavy atom. The first-order valence-electron chi connectivity index (χ1n) is 9.00. The summed E-state index contributed by atoms with van der Waals surface area (Å²) < 4.78 is 7.39. The monoisotopic (exact) mass is 364 g/mol. The summed E-state index contributed by atoms with van der Waals surface area (Å²) in [4.78, 5) is 21.0. The van der Waals surface area contributed by atoms with Crippen LogP contribution in [0, 0.1) is 0 Å². The largest absolute Gasteiger partial charge is 0.461 e. The van der Waals surface area contributed by atoms with Gasteiger partial charge in [-0.2, -0.15) is 0 Å². The molecule has 2 aromatic heterocycles. The van der Waals surface area contributed by atoms with Crippen molar-refractivity contribution in [2.75, 3.05) is 0 Å². The van der Waals surface area contributed by atoms with E-state index in [1.54, 1.807) is 12.4 Å². The molecule has 0 saturated heterocycles. The molecule has 6 nitrogen and oxygen atoms in total. The van der Waals surface area contributed by atoms with Crippen molar-refractivity contribution in [1.29, 1.82) is 0 Å². The highest BCUT2D eigenvalue weighted by atomic mass is 16.5. The highest BCUT2D eigenvalue weighted by Crippen LogP contribution is 2.08. The first-order valence-corrected chi connectivity index (χ1v) is 9.00. The van der Waals surface area contributed by atoms with E-state index in [1.807, 2.05) is 66.3 Å². The smallest absolute Gasteiger partial charge is 0.307 e. The van der Waals surface area contributed by atoms with Crippen molar-refractivity contribution in [2.45, 2.75) is 32.0 Å². The summed E-state index contributed by atoms with van der Waals surface area (Å²) in [6.07, 6.45) is 6.34. The number of nitrogens with one attached hydrogen (secondary N) is 1. The van der Waals surface area contributed by atoms with Crippen molar-refractivity contribution in [3.8, 4) is 0 Å². The van der Waals surface area contributed by atoms with E-state index < -0.39 is 0 Å². The lowest BCUT2D eigenvalue weighted by molar-refractivity contribution is -0.145. The molecule has 0 amide bonds. The van der Waals surface area contributed by atoms with Crippen molar-refractivity contribution < 1.29 is 9.53 Å². The maximum absolute atomic E-state index is 12.3. The average Bonchev–Trinajstić information content (AvgIpc) is 3.11. The van der Waals surface area contributed by atoms with Crippen LogP contribution in [0.5, 0.6) is 0 Å². The number of carbonyl (C=O) groups is 1. The Labute approximate surface area is 159 Å². The zero-order valence-corrected chi connectivity index (χ0v) is 15.4. The Kier molecular flexibility index (Phi) is 6.71. The second kappa shape index (κ2) is 9.64. The minimum Gasteiger partial charge on any atom is -0.461 e. The van der Waals surface area contributed by atoms with Gasteiger partial charge >= 0.3 is 5.97 Å². The Hall–Kier alpha value is -2.99. The highest BCUT2D eigenvalue weighted by molar-refractivity contribution is 5.70. The zero-order valence-electron chi connectivity index (χ0n) is 15.4. The lowest BCUT2D eigenvalue weighted by atomic mass is 10.1. The van der Waals surface area contributed by atoms with Crippen molar-refractivity contribution in [2.24, 2.45) is 7.05 Å². The molecule has 140 valence electrons. The molecular formula is C21H24N4O2. The predicted molar refractivity (Wildman–Crippen MR) is 103 cm³/mol. The summed E-state index contributed by atoms with van der Waals surface area (Å²) in [5.41, 5.74) is 1.92. The number of pyridine rings is 1. The summed E-state index contributed by atoms with van der Waals surface area (Å²) in [6, 6.07) is 15.4. The van der Waals surface area contributed by atoms with E-state index in [1.165, 1.54) is 0 Å². The molecule has 0 radical (unpaired) electrons. The fraction of sp³-hybridized carbons (Fsp3) is 0.286. The number of hydrogen-bond donors (Lipinski definition) is 1. The van der Waals surface area contributed by atoms with Gasteiger partial charge in [-0.15, -0.1) is 0 Å². The van der Waals surface area contributed by atoms with E-state index in [2.05, 4.69) is 15.3 Å². The lowest BCUT2D eigenvalue weighted by Gasteiger charge is -2.18. The van der Waals surface area contributed by atoms with Crippen molar-refractivity contribution >= 4 is 5.97 Å². The summed E-state index contributed by atoms with van der Waals surface area (Å²) in [6.45, 7) is 0.863. The predicted octanol–water partition coefficient (Wildman–Crippen LogP) is 2.65. The van der Waals surface area contributed by atoms with E-state index in [4.69, 9.17) is 4.74 Å². The van der Waals surface area contributed by atoms with Gasteiger partial charge in [0.25, 0.3) is 0 Å². The van der Waals surface area contributed by atoms with Crippen LogP contribution in [0.25, 0.3) is 0 Å². The Balaban J connectivity index is 1.58. The number of imidazole rings is 1. The molecule has 0 fully saturated rings. The van der Waals surface area contributed by atoms with E-state index in [9.17, 15) is 4.79 Å². The number of aryl methyl sites for hydroxylation is 1. The van der Waals surface area contributed by atoms with Gasteiger partial charge in [-0.05, 0) is 17.7 Å². The third-order valence-electron chi connectivity index (χ3n) is 4.31. The van der Waals surface area contributed by atoms with Crippen LogP contribution >= 0.6 is 0 Å². The molecule has 0 aliphatic heterocycles. The van der Waals surface area contributed by atoms with E-state index in [0.717, 1.165) is 17.1 Å². The molecule has 2 heterocycles. The second-order valence-electron chi connectivity index (χ2n) is 6.41. The molecule has 0 spiro atoms. The SMILES string of the molecule is Cn1ccnc1CNC(CC(=O)OCc1ccccc1)Cc1ccccn1. The van der Waals surface area contributed by atoms with Gasteiger partial charge in [0.2, 0.25) is 0 Å². The van der Waals surface area contributed by atoms with E-state index >= 15 is 0 Å². The molecule has 0 saturated carbocycles. The van der Waals surface area contributed by atoms with Gasteiger partial charge < -0.3 is 14.6 Å².